The van der Waals surface area contributed by atoms with E-state index in [9.17, 15) is 19.5 Å². The number of fused-ring (bicyclic) bond motifs is 1. The molecular formula is C28H36N2O7. The summed E-state index contributed by atoms with van der Waals surface area (Å²) in [5.41, 5.74) is -0.452. The number of likely N-dealkylation sites (tertiary alicyclic amines) is 1. The van der Waals surface area contributed by atoms with Crippen LogP contribution in [0.3, 0.4) is 0 Å². The molecule has 0 aliphatic carbocycles. The van der Waals surface area contributed by atoms with E-state index >= 15 is 0 Å². The van der Waals surface area contributed by atoms with Crippen molar-refractivity contribution in [1.82, 2.24) is 4.90 Å². The average Bonchev–Trinajstić information content (AvgIpc) is 3.55. The number of benzene rings is 1. The third-order valence-electron chi connectivity index (χ3n) is 7.67. The van der Waals surface area contributed by atoms with Crippen molar-refractivity contribution in [3.05, 3.63) is 49.6 Å². The van der Waals surface area contributed by atoms with Gasteiger partial charge in [-0.25, -0.2) is 0 Å². The van der Waals surface area contributed by atoms with Gasteiger partial charge < -0.3 is 29.1 Å². The number of carbonyl (C=O) groups is 3. The minimum absolute atomic E-state index is 0.0494. The lowest BCUT2D eigenvalue weighted by Gasteiger charge is -2.36. The fourth-order valence-electron chi connectivity index (χ4n) is 6.11. The number of ether oxygens (including phenoxy) is 3. The second kappa shape index (κ2) is 11.5. The Bertz CT molecular complexity index is 1030. The summed E-state index contributed by atoms with van der Waals surface area (Å²) in [7, 11) is 1.57. The molecule has 1 spiro atoms. The maximum atomic E-state index is 14.3. The number of carbonyl (C=O) groups excluding carboxylic acids is 3. The molecule has 1 N–H and O–H groups in total. The molecule has 9 nitrogen and oxygen atoms in total. The summed E-state index contributed by atoms with van der Waals surface area (Å²) in [5.74, 6) is -1.89. The number of nitrogens with zero attached hydrogens (tertiary/aromatic N) is 2. The van der Waals surface area contributed by atoms with Crippen molar-refractivity contribution in [3.63, 3.8) is 0 Å². The molecule has 3 aliphatic rings. The molecular weight excluding hydrogens is 476 g/mol. The van der Waals surface area contributed by atoms with Gasteiger partial charge in [-0.15, -0.1) is 6.58 Å². The summed E-state index contributed by atoms with van der Waals surface area (Å²) < 4.78 is 17.0. The second-order valence-electron chi connectivity index (χ2n) is 9.73. The van der Waals surface area contributed by atoms with E-state index in [0.717, 1.165) is 0 Å². The minimum atomic E-state index is -1.10. The van der Waals surface area contributed by atoms with E-state index < -0.39 is 35.6 Å². The number of hydrogen-bond donors (Lipinski definition) is 1. The van der Waals surface area contributed by atoms with Crippen LogP contribution in [0.15, 0.2) is 49.6 Å². The molecule has 9 heteroatoms. The highest BCUT2D eigenvalue weighted by molar-refractivity contribution is 6.04. The molecule has 3 fully saturated rings. The van der Waals surface area contributed by atoms with Crippen molar-refractivity contribution in [3.8, 4) is 5.75 Å². The van der Waals surface area contributed by atoms with Gasteiger partial charge >= 0.3 is 5.97 Å². The van der Waals surface area contributed by atoms with Crippen molar-refractivity contribution >= 4 is 23.5 Å². The van der Waals surface area contributed by atoms with Crippen molar-refractivity contribution in [1.29, 1.82) is 0 Å². The SMILES string of the molecule is C=CCOC(=O)[C@@H]1[C@H]2C(=O)N(CCCCCO)C(C(=O)N(CC=C)c3ccc(OC)cc3)C23CC[C@H]1O3. The summed E-state index contributed by atoms with van der Waals surface area (Å²) in [6.07, 6.45) is 5.68. The average molecular weight is 513 g/mol. The third kappa shape index (κ3) is 4.78. The van der Waals surface area contributed by atoms with E-state index in [-0.39, 0.29) is 31.6 Å². The third-order valence-corrected chi connectivity index (χ3v) is 7.67. The van der Waals surface area contributed by atoms with Crippen LogP contribution in [0.1, 0.15) is 32.1 Å². The van der Waals surface area contributed by atoms with Gasteiger partial charge in [0.25, 0.3) is 5.91 Å². The first kappa shape index (κ1) is 26.9. The first-order valence-electron chi connectivity index (χ1n) is 12.9. The van der Waals surface area contributed by atoms with Crippen LogP contribution in [0.2, 0.25) is 0 Å². The van der Waals surface area contributed by atoms with Crippen LogP contribution in [-0.2, 0) is 23.9 Å². The Balaban J connectivity index is 1.70. The van der Waals surface area contributed by atoms with Gasteiger partial charge in [0.1, 0.15) is 24.0 Å². The molecule has 1 aromatic rings. The lowest BCUT2D eigenvalue weighted by atomic mass is 9.70. The first-order chi connectivity index (χ1) is 17.9. The monoisotopic (exact) mass is 512 g/mol. The number of aliphatic hydroxyl groups excluding tert-OH is 1. The largest absolute Gasteiger partial charge is 0.497 e. The highest BCUT2D eigenvalue weighted by atomic mass is 16.6. The van der Waals surface area contributed by atoms with Gasteiger partial charge in [-0.2, -0.15) is 0 Å². The van der Waals surface area contributed by atoms with Gasteiger partial charge in [0.05, 0.1) is 25.0 Å². The second-order valence-corrected chi connectivity index (χ2v) is 9.73. The van der Waals surface area contributed by atoms with Crippen LogP contribution in [0.4, 0.5) is 5.69 Å². The fourth-order valence-corrected chi connectivity index (χ4v) is 6.11. The molecule has 37 heavy (non-hydrogen) atoms. The molecule has 3 saturated heterocycles. The summed E-state index contributed by atoms with van der Waals surface area (Å²) in [6.45, 7) is 8.11. The predicted octanol–water partition coefficient (Wildman–Crippen LogP) is 2.48. The van der Waals surface area contributed by atoms with Crippen molar-refractivity contribution in [2.24, 2.45) is 11.8 Å². The summed E-state index contributed by atoms with van der Waals surface area (Å²) in [6, 6.07) is 6.24. The number of amides is 2. The van der Waals surface area contributed by atoms with Crippen molar-refractivity contribution in [2.75, 3.05) is 38.3 Å². The van der Waals surface area contributed by atoms with E-state index in [1.54, 1.807) is 47.3 Å². The van der Waals surface area contributed by atoms with E-state index in [4.69, 9.17) is 14.2 Å². The molecule has 200 valence electrons. The van der Waals surface area contributed by atoms with Crippen LogP contribution in [0, 0.1) is 11.8 Å². The summed E-state index contributed by atoms with van der Waals surface area (Å²) in [4.78, 5) is 44.4. The van der Waals surface area contributed by atoms with Gasteiger partial charge in [-0.05, 0) is 56.4 Å². The Hall–Kier alpha value is -3.17. The van der Waals surface area contributed by atoms with Gasteiger partial charge in [-0.1, -0.05) is 18.7 Å². The van der Waals surface area contributed by atoms with Gasteiger partial charge in [0, 0.05) is 25.4 Å². The molecule has 0 radical (unpaired) electrons. The minimum Gasteiger partial charge on any atom is -0.497 e. The zero-order valence-electron chi connectivity index (χ0n) is 21.3. The Morgan fingerprint density at radius 2 is 1.97 bits per heavy atom. The van der Waals surface area contributed by atoms with E-state index in [0.29, 0.717) is 50.1 Å². The van der Waals surface area contributed by atoms with Crippen LogP contribution in [-0.4, -0.2) is 79.0 Å². The molecule has 5 atom stereocenters. The predicted molar refractivity (Wildman–Crippen MR) is 137 cm³/mol. The van der Waals surface area contributed by atoms with Crippen LogP contribution in [0.25, 0.3) is 0 Å². The van der Waals surface area contributed by atoms with Crippen LogP contribution < -0.4 is 9.64 Å². The molecule has 0 saturated carbocycles. The normalized spacial score (nSPS) is 27.6. The topological polar surface area (TPSA) is 106 Å². The van der Waals surface area contributed by atoms with Gasteiger partial charge in [0.2, 0.25) is 5.91 Å². The van der Waals surface area contributed by atoms with Crippen molar-refractivity contribution < 1.29 is 33.7 Å². The lowest BCUT2D eigenvalue weighted by Crippen LogP contribution is -2.56. The Morgan fingerprint density at radius 3 is 2.62 bits per heavy atom. The zero-order chi connectivity index (χ0) is 26.6. The summed E-state index contributed by atoms with van der Waals surface area (Å²) >= 11 is 0. The highest BCUT2D eigenvalue weighted by Crippen LogP contribution is 2.59. The van der Waals surface area contributed by atoms with Crippen LogP contribution in [0.5, 0.6) is 5.75 Å². The molecule has 4 rings (SSSR count). The maximum Gasteiger partial charge on any atom is 0.312 e. The Labute approximate surface area is 217 Å². The Morgan fingerprint density at radius 1 is 1.22 bits per heavy atom. The Kier molecular flexibility index (Phi) is 8.34. The highest BCUT2D eigenvalue weighted by Gasteiger charge is 2.75. The summed E-state index contributed by atoms with van der Waals surface area (Å²) in [5, 5.41) is 9.19. The van der Waals surface area contributed by atoms with E-state index in [1.165, 1.54) is 6.08 Å². The number of hydrogen-bond acceptors (Lipinski definition) is 7. The standard InChI is InChI=1S/C28H36N2O7/c1-4-15-29(19-9-11-20(35-3)12-10-19)26(33)24-28-14-13-21(37-28)22(27(34)36-18-5-2)23(28)25(32)30(24)16-7-6-8-17-31/h4-5,9-12,21-24,31H,1-2,6-8,13-18H2,3H3/t21-,22+,23+,24?,28?/m1/s1. The van der Waals surface area contributed by atoms with E-state index in [1.807, 2.05) is 0 Å². The maximum absolute atomic E-state index is 14.3. The molecule has 1 aromatic carbocycles. The molecule has 0 aromatic heterocycles. The number of esters is 1. The molecule has 3 aliphatic heterocycles. The molecule has 2 bridgehead atoms. The number of rotatable bonds is 13. The fraction of sp³-hybridized carbons (Fsp3) is 0.536. The van der Waals surface area contributed by atoms with Crippen molar-refractivity contribution in [2.45, 2.75) is 49.9 Å². The van der Waals surface area contributed by atoms with Gasteiger partial charge in [0.15, 0.2) is 0 Å². The number of aliphatic hydroxyl groups is 1. The number of methoxy groups -OCH3 is 1. The van der Waals surface area contributed by atoms with Crippen LogP contribution >= 0.6 is 0 Å². The quantitative estimate of drug-likeness (QED) is 0.246. The van der Waals surface area contributed by atoms with E-state index in [2.05, 4.69) is 13.2 Å². The smallest absolute Gasteiger partial charge is 0.312 e. The zero-order valence-corrected chi connectivity index (χ0v) is 21.3. The molecule has 2 amide bonds. The first-order valence-corrected chi connectivity index (χ1v) is 12.9. The van der Waals surface area contributed by atoms with Gasteiger partial charge in [-0.3, -0.25) is 14.4 Å². The number of anilines is 1. The molecule has 2 unspecified atom stereocenters. The number of unbranched alkanes of at least 4 members (excludes halogenated alkanes) is 2. The lowest BCUT2D eigenvalue weighted by molar-refractivity contribution is -0.154. The molecule has 3 heterocycles.